The van der Waals surface area contributed by atoms with E-state index in [-0.39, 0.29) is 24.3 Å². The summed E-state index contributed by atoms with van der Waals surface area (Å²) < 4.78 is 19.4. The van der Waals surface area contributed by atoms with Crippen molar-refractivity contribution in [1.82, 2.24) is 9.88 Å². The zero-order chi connectivity index (χ0) is 18.0. The molecule has 0 saturated heterocycles. The predicted octanol–water partition coefficient (Wildman–Crippen LogP) is 2.87. The highest BCUT2D eigenvalue weighted by Crippen LogP contribution is 2.39. The van der Waals surface area contributed by atoms with E-state index in [4.69, 9.17) is 4.74 Å². The molecule has 1 atom stereocenters. The van der Waals surface area contributed by atoms with E-state index in [9.17, 15) is 14.0 Å². The van der Waals surface area contributed by atoms with Crippen LogP contribution >= 0.6 is 0 Å². The van der Waals surface area contributed by atoms with Crippen LogP contribution in [0.25, 0.3) is 0 Å². The number of methoxy groups -OCH3 is 1. The minimum Gasteiger partial charge on any atom is -0.497 e. The summed E-state index contributed by atoms with van der Waals surface area (Å²) in [7, 11) is 1.47. The Morgan fingerprint density at radius 1 is 1.48 bits per heavy atom. The SMILES string of the molecule is COc1cc(F)c2c(c1)C(N(CC=O)C(=O)c1cccnc1C)CC2. The van der Waals surface area contributed by atoms with Crippen LogP contribution in [0.2, 0.25) is 0 Å². The van der Waals surface area contributed by atoms with E-state index in [0.29, 0.717) is 47.3 Å². The minimum atomic E-state index is -0.364. The summed E-state index contributed by atoms with van der Waals surface area (Å²) in [5, 5.41) is 0. The number of hydrogen-bond donors (Lipinski definition) is 0. The average Bonchev–Trinajstić information content (AvgIpc) is 3.03. The second-order valence-electron chi connectivity index (χ2n) is 5.99. The second kappa shape index (κ2) is 7.01. The smallest absolute Gasteiger partial charge is 0.256 e. The molecule has 5 nitrogen and oxygen atoms in total. The maximum absolute atomic E-state index is 14.3. The van der Waals surface area contributed by atoms with Crippen LogP contribution in [0, 0.1) is 12.7 Å². The van der Waals surface area contributed by atoms with Crippen molar-refractivity contribution < 1.29 is 18.7 Å². The van der Waals surface area contributed by atoms with E-state index < -0.39 is 0 Å². The molecule has 1 amide bonds. The Morgan fingerprint density at radius 3 is 2.96 bits per heavy atom. The van der Waals surface area contributed by atoms with Crippen molar-refractivity contribution >= 4 is 12.2 Å². The van der Waals surface area contributed by atoms with E-state index in [0.717, 1.165) is 0 Å². The largest absolute Gasteiger partial charge is 0.497 e. The molecule has 130 valence electrons. The van der Waals surface area contributed by atoms with E-state index in [1.54, 1.807) is 31.3 Å². The van der Waals surface area contributed by atoms with Gasteiger partial charge in [0, 0.05) is 18.0 Å². The Hall–Kier alpha value is -2.76. The fourth-order valence-electron chi connectivity index (χ4n) is 3.37. The molecule has 1 aromatic heterocycles. The first-order chi connectivity index (χ1) is 12.1. The number of rotatable bonds is 5. The van der Waals surface area contributed by atoms with Gasteiger partial charge in [0.2, 0.25) is 0 Å². The van der Waals surface area contributed by atoms with Crippen molar-refractivity contribution in [2.75, 3.05) is 13.7 Å². The van der Waals surface area contributed by atoms with Crippen molar-refractivity contribution in [2.45, 2.75) is 25.8 Å². The van der Waals surface area contributed by atoms with Gasteiger partial charge in [-0.1, -0.05) is 0 Å². The van der Waals surface area contributed by atoms with E-state index in [1.165, 1.54) is 18.1 Å². The van der Waals surface area contributed by atoms with Crippen LogP contribution in [0.3, 0.4) is 0 Å². The molecule has 0 radical (unpaired) electrons. The lowest BCUT2D eigenvalue weighted by atomic mass is 10.0. The van der Waals surface area contributed by atoms with Crippen molar-refractivity contribution in [3.05, 3.63) is 58.7 Å². The predicted molar refractivity (Wildman–Crippen MR) is 90.1 cm³/mol. The molecule has 25 heavy (non-hydrogen) atoms. The fraction of sp³-hybridized carbons (Fsp3) is 0.316. The molecule has 0 saturated carbocycles. The number of aromatic nitrogens is 1. The number of pyridine rings is 1. The number of amides is 1. The van der Waals surface area contributed by atoms with E-state index in [1.807, 2.05) is 0 Å². The summed E-state index contributed by atoms with van der Waals surface area (Å²) in [6, 6.07) is 6.10. The molecule has 1 heterocycles. The van der Waals surface area contributed by atoms with Gasteiger partial charge < -0.3 is 14.4 Å². The van der Waals surface area contributed by atoms with Crippen molar-refractivity contribution in [3.8, 4) is 5.75 Å². The molecule has 1 aliphatic rings. The number of carbonyl (C=O) groups is 2. The summed E-state index contributed by atoms with van der Waals surface area (Å²) in [6.45, 7) is 1.69. The van der Waals surface area contributed by atoms with Crippen LogP contribution < -0.4 is 4.74 Å². The van der Waals surface area contributed by atoms with Gasteiger partial charge >= 0.3 is 0 Å². The van der Waals surface area contributed by atoms with Gasteiger partial charge in [-0.25, -0.2) is 4.39 Å². The third kappa shape index (κ3) is 3.12. The molecule has 0 bridgehead atoms. The summed E-state index contributed by atoms with van der Waals surface area (Å²) in [5.74, 6) is -0.217. The third-order valence-electron chi connectivity index (χ3n) is 4.61. The van der Waals surface area contributed by atoms with Crippen molar-refractivity contribution in [1.29, 1.82) is 0 Å². The Balaban J connectivity index is 2.02. The Morgan fingerprint density at radius 2 is 2.28 bits per heavy atom. The number of benzene rings is 1. The zero-order valence-electron chi connectivity index (χ0n) is 14.2. The van der Waals surface area contributed by atoms with Gasteiger partial charge in [0.25, 0.3) is 5.91 Å². The lowest BCUT2D eigenvalue weighted by Gasteiger charge is -2.28. The van der Waals surface area contributed by atoms with Gasteiger partial charge in [-0.05, 0) is 49.1 Å². The summed E-state index contributed by atoms with van der Waals surface area (Å²) in [5.41, 5.74) is 2.32. The quantitative estimate of drug-likeness (QED) is 0.784. The number of fused-ring (bicyclic) bond motifs is 1. The average molecular weight is 342 g/mol. The van der Waals surface area contributed by atoms with E-state index in [2.05, 4.69) is 4.98 Å². The van der Waals surface area contributed by atoms with Crippen LogP contribution in [-0.4, -0.2) is 35.7 Å². The highest BCUT2D eigenvalue weighted by molar-refractivity contribution is 5.96. The first-order valence-electron chi connectivity index (χ1n) is 8.09. The molecule has 0 spiro atoms. The van der Waals surface area contributed by atoms with Gasteiger partial charge in [-0.3, -0.25) is 9.78 Å². The van der Waals surface area contributed by atoms with Crippen LogP contribution in [0.4, 0.5) is 4.39 Å². The summed E-state index contributed by atoms with van der Waals surface area (Å²) in [4.78, 5) is 29.8. The monoisotopic (exact) mass is 342 g/mol. The zero-order valence-corrected chi connectivity index (χ0v) is 14.2. The van der Waals surface area contributed by atoms with Gasteiger partial charge in [-0.2, -0.15) is 0 Å². The lowest BCUT2D eigenvalue weighted by molar-refractivity contribution is -0.108. The molecular weight excluding hydrogens is 323 g/mol. The number of hydrogen-bond acceptors (Lipinski definition) is 4. The molecule has 6 heteroatoms. The first-order valence-corrected chi connectivity index (χ1v) is 8.09. The topological polar surface area (TPSA) is 59.5 Å². The van der Waals surface area contributed by atoms with Crippen molar-refractivity contribution in [3.63, 3.8) is 0 Å². The molecule has 2 aromatic rings. The molecule has 0 fully saturated rings. The Bertz CT molecular complexity index is 822. The van der Waals surface area contributed by atoms with E-state index >= 15 is 0 Å². The Labute approximate surface area is 145 Å². The molecule has 1 unspecified atom stereocenters. The standard InChI is InChI=1S/C19H19FN2O3/c1-12-14(4-3-7-21-12)19(24)22(8-9-23)18-6-5-15-16(18)10-13(25-2)11-17(15)20/h3-4,7,9-11,18H,5-6,8H2,1-2H3. The fourth-order valence-corrected chi connectivity index (χ4v) is 3.37. The van der Waals surface area contributed by atoms with Gasteiger partial charge in [-0.15, -0.1) is 0 Å². The summed E-state index contributed by atoms with van der Waals surface area (Å²) >= 11 is 0. The molecule has 0 aliphatic heterocycles. The number of ether oxygens (including phenoxy) is 1. The number of nitrogens with zero attached hydrogens (tertiary/aromatic N) is 2. The van der Waals surface area contributed by atoms with Crippen LogP contribution in [0.5, 0.6) is 5.75 Å². The molecule has 1 aromatic carbocycles. The minimum absolute atomic E-state index is 0.0594. The number of halogens is 1. The van der Waals surface area contributed by atoms with Crippen LogP contribution in [0.1, 0.15) is 39.6 Å². The molecule has 3 rings (SSSR count). The second-order valence-corrected chi connectivity index (χ2v) is 5.99. The molecule has 1 aliphatic carbocycles. The maximum Gasteiger partial charge on any atom is 0.256 e. The normalized spacial score (nSPS) is 15.6. The van der Waals surface area contributed by atoms with Gasteiger partial charge in [0.05, 0.1) is 25.3 Å². The first kappa shape index (κ1) is 17.1. The van der Waals surface area contributed by atoms with Crippen LogP contribution in [-0.2, 0) is 11.2 Å². The molecular formula is C19H19FN2O3. The Kier molecular flexibility index (Phi) is 4.79. The maximum atomic E-state index is 14.3. The lowest BCUT2D eigenvalue weighted by Crippen LogP contribution is -2.36. The van der Waals surface area contributed by atoms with Crippen molar-refractivity contribution in [2.24, 2.45) is 0 Å². The summed E-state index contributed by atoms with van der Waals surface area (Å²) in [6.07, 6.45) is 3.39. The highest BCUT2D eigenvalue weighted by atomic mass is 19.1. The van der Waals surface area contributed by atoms with Gasteiger partial charge in [0.15, 0.2) is 0 Å². The van der Waals surface area contributed by atoms with Crippen LogP contribution in [0.15, 0.2) is 30.5 Å². The number of aryl methyl sites for hydroxylation is 1. The number of carbonyl (C=O) groups excluding carboxylic acids is 2. The third-order valence-corrected chi connectivity index (χ3v) is 4.61. The van der Waals surface area contributed by atoms with Gasteiger partial charge in [0.1, 0.15) is 17.9 Å². The number of aldehydes is 1. The highest BCUT2D eigenvalue weighted by Gasteiger charge is 2.34. The molecule has 0 N–H and O–H groups in total.